The highest BCUT2D eigenvalue weighted by Gasteiger charge is 2.22. The van der Waals surface area contributed by atoms with Crippen molar-refractivity contribution in [1.29, 1.82) is 0 Å². The maximum absolute atomic E-state index is 13.0. The zero-order chi connectivity index (χ0) is 20.1. The summed E-state index contributed by atoms with van der Waals surface area (Å²) in [4.78, 5) is 14.8. The third-order valence-electron chi connectivity index (χ3n) is 5.07. The summed E-state index contributed by atoms with van der Waals surface area (Å²) in [5.74, 6) is 0.768. The van der Waals surface area contributed by atoms with E-state index in [0.717, 1.165) is 29.1 Å². The number of aromatic nitrogens is 2. The Bertz CT molecular complexity index is 900. The number of carbonyl (C=O) groups is 1. The van der Waals surface area contributed by atoms with Crippen LogP contribution in [0.5, 0.6) is 0 Å². The lowest BCUT2D eigenvalue weighted by atomic mass is 10.1. The van der Waals surface area contributed by atoms with E-state index in [9.17, 15) is 4.79 Å². The Morgan fingerprint density at radius 3 is 2.57 bits per heavy atom. The minimum Gasteiger partial charge on any atom is -0.467 e. The van der Waals surface area contributed by atoms with Crippen molar-refractivity contribution >= 4 is 6.03 Å². The van der Waals surface area contributed by atoms with Crippen LogP contribution >= 0.6 is 0 Å². The molecule has 0 aliphatic carbocycles. The van der Waals surface area contributed by atoms with Gasteiger partial charge in [-0.15, -0.1) is 0 Å². The number of benzene rings is 1. The third-order valence-corrected chi connectivity index (χ3v) is 5.07. The molecule has 0 saturated heterocycles. The standard InChI is InChI=1S/C22H28N4O2/c1-16(21-17(2)24-25(4)18(21)3)23-22(27)26(15-20-11-8-14-28-20)13-12-19-9-6-5-7-10-19/h5-11,14,16H,12-13,15H2,1-4H3,(H,23,27). The number of nitrogens with zero attached hydrogens (tertiary/aromatic N) is 3. The highest BCUT2D eigenvalue weighted by atomic mass is 16.3. The summed E-state index contributed by atoms with van der Waals surface area (Å²) in [6.45, 7) is 7.03. The number of urea groups is 1. The molecule has 6 nitrogen and oxygen atoms in total. The molecule has 28 heavy (non-hydrogen) atoms. The number of hydrogen-bond donors (Lipinski definition) is 1. The van der Waals surface area contributed by atoms with Crippen LogP contribution in [-0.4, -0.2) is 27.3 Å². The normalized spacial score (nSPS) is 12.0. The molecule has 2 heterocycles. The van der Waals surface area contributed by atoms with E-state index in [0.29, 0.717) is 13.1 Å². The topological polar surface area (TPSA) is 63.3 Å². The van der Waals surface area contributed by atoms with Gasteiger partial charge in [-0.2, -0.15) is 5.10 Å². The quantitative estimate of drug-likeness (QED) is 0.670. The number of carbonyl (C=O) groups excluding carboxylic acids is 1. The Morgan fingerprint density at radius 2 is 1.96 bits per heavy atom. The first-order valence-corrected chi connectivity index (χ1v) is 9.57. The summed E-state index contributed by atoms with van der Waals surface area (Å²) in [6, 6.07) is 13.7. The van der Waals surface area contributed by atoms with E-state index in [2.05, 4.69) is 22.5 Å². The second-order valence-electron chi connectivity index (χ2n) is 7.12. The molecule has 0 aliphatic heterocycles. The Kier molecular flexibility index (Phi) is 6.19. The van der Waals surface area contributed by atoms with Crippen LogP contribution in [-0.2, 0) is 20.0 Å². The Morgan fingerprint density at radius 1 is 1.21 bits per heavy atom. The van der Waals surface area contributed by atoms with Crippen molar-refractivity contribution in [2.45, 2.75) is 39.8 Å². The first-order valence-electron chi connectivity index (χ1n) is 9.57. The average molecular weight is 380 g/mol. The number of nitrogens with one attached hydrogen (secondary N) is 1. The number of amides is 2. The lowest BCUT2D eigenvalue weighted by molar-refractivity contribution is 0.187. The summed E-state index contributed by atoms with van der Waals surface area (Å²) in [7, 11) is 1.92. The highest BCUT2D eigenvalue weighted by Crippen LogP contribution is 2.21. The second kappa shape index (κ2) is 8.78. The Hall–Kier alpha value is -3.02. The maximum Gasteiger partial charge on any atom is 0.318 e. The summed E-state index contributed by atoms with van der Waals surface area (Å²) < 4.78 is 7.31. The minimum atomic E-state index is -0.128. The van der Waals surface area contributed by atoms with Crippen LogP contribution in [0.3, 0.4) is 0 Å². The molecular weight excluding hydrogens is 352 g/mol. The third kappa shape index (κ3) is 4.63. The number of rotatable bonds is 7. The first kappa shape index (κ1) is 19.7. The zero-order valence-corrected chi connectivity index (χ0v) is 17.0. The van der Waals surface area contributed by atoms with Crippen molar-refractivity contribution in [2.24, 2.45) is 7.05 Å². The van der Waals surface area contributed by atoms with E-state index < -0.39 is 0 Å². The van der Waals surface area contributed by atoms with Gasteiger partial charge in [0.2, 0.25) is 0 Å². The Labute approximate surface area is 166 Å². The van der Waals surface area contributed by atoms with E-state index in [1.165, 1.54) is 5.56 Å². The molecule has 0 aliphatic rings. The molecule has 0 fully saturated rings. The maximum atomic E-state index is 13.0. The predicted molar refractivity (Wildman–Crippen MR) is 109 cm³/mol. The van der Waals surface area contributed by atoms with Gasteiger partial charge < -0.3 is 14.6 Å². The Balaban J connectivity index is 1.71. The lowest BCUT2D eigenvalue weighted by Gasteiger charge is -2.25. The summed E-state index contributed by atoms with van der Waals surface area (Å²) in [5.41, 5.74) is 4.27. The van der Waals surface area contributed by atoms with Crippen LogP contribution in [0, 0.1) is 13.8 Å². The molecular formula is C22H28N4O2. The van der Waals surface area contributed by atoms with E-state index in [4.69, 9.17) is 4.42 Å². The van der Waals surface area contributed by atoms with Crippen molar-refractivity contribution in [3.8, 4) is 0 Å². The summed E-state index contributed by atoms with van der Waals surface area (Å²) in [5, 5.41) is 7.59. The molecule has 2 amide bonds. The van der Waals surface area contributed by atoms with Gasteiger partial charge in [0.1, 0.15) is 5.76 Å². The smallest absolute Gasteiger partial charge is 0.318 e. The van der Waals surface area contributed by atoms with Crippen LogP contribution < -0.4 is 5.32 Å². The highest BCUT2D eigenvalue weighted by molar-refractivity contribution is 5.74. The summed E-state index contributed by atoms with van der Waals surface area (Å²) in [6.07, 6.45) is 2.42. The van der Waals surface area contributed by atoms with Crippen LogP contribution in [0.15, 0.2) is 53.1 Å². The molecule has 1 unspecified atom stereocenters. The monoisotopic (exact) mass is 380 g/mol. The van der Waals surface area contributed by atoms with Crippen molar-refractivity contribution < 1.29 is 9.21 Å². The van der Waals surface area contributed by atoms with Crippen LogP contribution in [0.2, 0.25) is 0 Å². The molecule has 1 atom stereocenters. The molecule has 6 heteroatoms. The average Bonchev–Trinajstić information content (AvgIpc) is 3.27. The fourth-order valence-corrected chi connectivity index (χ4v) is 3.52. The number of aryl methyl sites for hydroxylation is 2. The van der Waals surface area contributed by atoms with Gasteiger partial charge in [-0.25, -0.2) is 4.79 Å². The molecule has 1 N–H and O–H groups in total. The molecule has 148 valence electrons. The molecule has 0 bridgehead atoms. The van der Waals surface area contributed by atoms with Crippen LogP contribution in [0.4, 0.5) is 4.79 Å². The van der Waals surface area contributed by atoms with Gasteiger partial charge in [0, 0.05) is 24.8 Å². The molecule has 3 aromatic rings. The fraction of sp³-hybridized carbons (Fsp3) is 0.364. The van der Waals surface area contributed by atoms with Crippen molar-refractivity contribution in [3.63, 3.8) is 0 Å². The number of hydrogen-bond acceptors (Lipinski definition) is 3. The second-order valence-corrected chi connectivity index (χ2v) is 7.12. The van der Waals surface area contributed by atoms with Crippen LogP contribution in [0.25, 0.3) is 0 Å². The minimum absolute atomic E-state index is 0.109. The summed E-state index contributed by atoms with van der Waals surface area (Å²) >= 11 is 0. The van der Waals surface area contributed by atoms with E-state index in [1.807, 2.05) is 62.8 Å². The molecule has 0 spiro atoms. The van der Waals surface area contributed by atoms with Crippen molar-refractivity contribution in [2.75, 3.05) is 6.54 Å². The van der Waals surface area contributed by atoms with E-state index >= 15 is 0 Å². The molecule has 0 saturated carbocycles. The van der Waals surface area contributed by atoms with Crippen LogP contribution in [0.1, 0.15) is 41.2 Å². The van der Waals surface area contributed by atoms with E-state index in [1.54, 1.807) is 11.2 Å². The van der Waals surface area contributed by atoms with Gasteiger partial charge in [-0.1, -0.05) is 30.3 Å². The van der Waals surface area contributed by atoms with Gasteiger partial charge in [-0.05, 0) is 44.9 Å². The first-order chi connectivity index (χ1) is 13.5. The van der Waals surface area contributed by atoms with Gasteiger partial charge in [0.05, 0.1) is 24.5 Å². The zero-order valence-electron chi connectivity index (χ0n) is 17.0. The fourth-order valence-electron chi connectivity index (χ4n) is 3.52. The largest absolute Gasteiger partial charge is 0.467 e. The van der Waals surface area contributed by atoms with Crippen molar-refractivity contribution in [1.82, 2.24) is 20.0 Å². The lowest BCUT2D eigenvalue weighted by Crippen LogP contribution is -2.41. The predicted octanol–water partition coefficient (Wildman–Crippen LogP) is 4.15. The van der Waals surface area contributed by atoms with Gasteiger partial charge in [0.25, 0.3) is 0 Å². The molecule has 3 rings (SSSR count). The molecule has 0 radical (unpaired) electrons. The molecule has 1 aromatic carbocycles. The SMILES string of the molecule is Cc1nn(C)c(C)c1C(C)NC(=O)N(CCc1ccccc1)Cc1ccco1. The van der Waals surface area contributed by atoms with Crippen molar-refractivity contribution in [3.05, 3.63) is 77.0 Å². The van der Waals surface area contributed by atoms with Gasteiger partial charge in [0.15, 0.2) is 0 Å². The molecule has 2 aromatic heterocycles. The van der Waals surface area contributed by atoms with E-state index in [-0.39, 0.29) is 12.1 Å². The van der Waals surface area contributed by atoms with Gasteiger partial charge >= 0.3 is 6.03 Å². The van der Waals surface area contributed by atoms with Gasteiger partial charge in [-0.3, -0.25) is 4.68 Å². The number of furan rings is 1.